The van der Waals surface area contributed by atoms with Gasteiger partial charge in [0.25, 0.3) is 11.8 Å². The molecule has 1 aliphatic carbocycles. The van der Waals surface area contributed by atoms with Crippen LogP contribution in [0.25, 0.3) is 34.0 Å². The number of aliphatic carboxylic acids is 1. The molecule has 2 N–H and O–H groups in total. The van der Waals surface area contributed by atoms with Gasteiger partial charge in [-0.1, -0.05) is 85.1 Å². The highest BCUT2D eigenvalue weighted by Gasteiger charge is 2.49. The lowest BCUT2D eigenvalue weighted by Crippen LogP contribution is -2.50. The number of rotatable bonds is 10. The molecule has 0 atom stereocenters. The molecule has 2 aliphatic rings. The summed E-state index contributed by atoms with van der Waals surface area (Å²) >= 11 is 0. The van der Waals surface area contributed by atoms with Gasteiger partial charge in [0.1, 0.15) is 5.82 Å². The lowest BCUT2D eigenvalue weighted by Gasteiger charge is -2.37. The molecule has 244 valence electrons. The van der Waals surface area contributed by atoms with Gasteiger partial charge in [0.05, 0.1) is 0 Å². The summed E-state index contributed by atoms with van der Waals surface area (Å²) in [7, 11) is 0. The standard InChI is InChI=1S/C36H37FN4O6/c37-30-21-27(15-16-29(30)25-7-3-1-4-8-25)33-39-32(40-47-33)26-13-11-24(12-14-26)22-41-19-17-36(18-20-41,34(43)44)35(45)46-23-31(42)38-28-9-5-2-6-10-28/h1,3-4,7-8,11-16,21,28H,2,5-6,9-10,17-20,22-23H2,(H,38,42)(H,43,44). The number of piperidine rings is 1. The number of aromatic nitrogens is 2. The fourth-order valence-corrected chi connectivity index (χ4v) is 6.36. The zero-order valence-corrected chi connectivity index (χ0v) is 26.0. The van der Waals surface area contributed by atoms with Gasteiger partial charge in [-0.05, 0) is 48.9 Å². The summed E-state index contributed by atoms with van der Waals surface area (Å²) in [4.78, 5) is 44.0. The summed E-state index contributed by atoms with van der Waals surface area (Å²) in [6.45, 7) is 0.843. The number of carboxylic acid groups (broad SMARTS) is 1. The Hall–Kier alpha value is -4.90. The summed E-state index contributed by atoms with van der Waals surface area (Å²) in [6.07, 6.45) is 5.25. The number of carbonyl (C=O) groups excluding carboxylic acids is 2. The number of esters is 1. The van der Waals surface area contributed by atoms with Gasteiger partial charge < -0.3 is 19.7 Å². The molecule has 0 spiro atoms. The number of ether oxygens (including phenoxy) is 1. The van der Waals surface area contributed by atoms with Gasteiger partial charge in [-0.3, -0.25) is 19.3 Å². The van der Waals surface area contributed by atoms with Crippen LogP contribution in [0, 0.1) is 11.2 Å². The highest BCUT2D eigenvalue weighted by Crippen LogP contribution is 2.34. The van der Waals surface area contributed by atoms with Gasteiger partial charge in [0.2, 0.25) is 5.82 Å². The van der Waals surface area contributed by atoms with E-state index in [4.69, 9.17) is 9.26 Å². The van der Waals surface area contributed by atoms with E-state index in [1.165, 1.54) is 6.07 Å². The Kier molecular flexibility index (Phi) is 9.72. The zero-order valence-electron chi connectivity index (χ0n) is 26.0. The fourth-order valence-electron chi connectivity index (χ4n) is 6.36. The van der Waals surface area contributed by atoms with E-state index in [1.807, 2.05) is 54.6 Å². The molecular formula is C36H37FN4O6. The van der Waals surface area contributed by atoms with Crippen LogP contribution in [0.15, 0.2) is 77.3 Å². The molecule has 11 heteroatoms. The van der Waals surface area contributed by atoms with Crippen molar-refractivity contribution in [3.63, 3.8) is 0 Å². The molecule has 1 aliphatic heterocycles. The van der Waals surface area contributed by atoms with Crippen molar-refractivity contribution < 1.29 is 33.1 Å². The maximum Gasteiger partial charge on any atom is 0.324 e. The third kappa shape index (κ3) is 7.41. The van der Waals surface area contributed by atoms with E-state index in [0.29, 0.717) is 36.6 Å². The Morgan fingerprint density at radius 3 is 2.32 bits per heavy atom. The van der Waals surface area contributed by atoms with Crippen molar-refractivity contribution in [2.45, 2.75) is 57.5 Å². The fraction of sp³-hybridized carbons (Fsp3) is 0.361. The third-order valence-corrected chi connectivity index (χ3v) is 9.16. The number of nitrogens with zero attached hydrogens (tertiary/aromatic N) is 3. The number of likely N-dealkylation sites (tertiary alicyclic amines) is 1. The molecule has 6 rings (SSSR count). The maximum absolute atomic E-state index is 14.9. The average Bonchev–Trinajstić information content (AvgIpc) is 3.59. The molecule has 1 saturated heterocycles. The normalized spacial score (nSPS) is 16.8. The number of hydrogen-bond acceptors (Lipinski definition) is 8. The van der Waals surface area contributed by atoms with Crippen LogP contribution in [-0.4, -0.2) is 63.7 Å². The van der Waals surface area contributed by atoms with Gasteiger partial charge >= 0.3 is 11.9 Å². The predicted octanol–water partition coefficient (Wildman–Crippen LogP) is 5.87. The van der Waals surface area contributed by atoms with Crippen LogP contribution in [-0.2, 0) is 25.7 Å². The molecule has 3 aromatic carbocycles. The van der Waals surface area contributed by atoms with Crippen LogP contribution in [0.3, 0.4) is 0 Å². The van der Waals surface area contributed by atoms with E-state index < -0.39 is 29.9 Å². The second kappa shape index (κ2) is 14.3. The predicted molar refractivity (Wildman–Crippen MR) is 171 cm³/mol. The number of carbonyl (C=O) groups is 3. The van der Waals surface area contributed by atoms with Crippen molar-refractivity contribution in [2.75, 3.05) is 19.7 Å². The van der Waals surface area contributed by atoms with Gasteiger partial charge in [-0.2, -0.15) is 4.98 Å². The van der Waals surface area contributed by atoms with Crippen molar-refractivity contribution in [1.29, 1.82) is 0 Å². The van der Waals surface area contributed by atoms with Crippen molar-refractivity contribution >= 4 is 17.8 Å². The Labute approximate surface area is 271 Å². The van der Waals surface area contributed by atoms with Crippen molar-refractivity contribution in [1.82, 2.24) is 20.4 Å². The molecule has 47 heavy (non-hydrogen) atoms. The third-order valence-electron chi connectivity index (χ3n) is 9.16. The monoisotopic (exact) mass is 640 g/mol. The van der Waals surface area contributed by atoms with Crippen LogP contribution >= 0.6 is 0 Å². The largest absolute Gasteiger partial charge is 0.480 e. The minimum atomic E-state index is -1.67. The molecular weight excluding hydrogens is 603 g/mol. The van der Waals surface area contributed by atoms with Crippen LogP contribution in [0.5, 0.6) is 0 Å². The SMILES string of the molecule is O=C(COC(=O)C1(C(=O)O)CCN(Cc2ccc(-c3noc(-c4ccc(-c5ccccc5)c(F)c4)n3)cc2)CC1)NC1CCCCC1. The molecule has 0 bridgehead atoms. The smallest absolute Gasteiger partial charge is 0.324 e. The average molecular weight is 641 g/mol. The first-order chi connectivity index (χ1) is 22.8. The summed E-state index contributed by atoms with van der Waals surface area (Å²) in [5.41, 5.74) is 1.78. The number of nitrogens with one attached hydrogen (secondary N) is 1. The Morgan fingerprint density at radius 2 is 1.64 bits per heavy atom. The Balaban J connectivity index is 1.02. The van der Waals surface area contributed by atoms with Gasteiger partial charge in [-0.25, -0.2) is 4.39 Å². The minimum absolute atomic E-state index is 0.0831. The van der Waals surface area contributed by atoms with Crippen molar-refractivity contribution in [3.05, 3.63) is 84.2 Å². The minimum Gasteiger partial charge on any atom is -0.480 e. The van der Waals surface area contributed by atoms with Crippen LogP contribution in [0.1, 0.15) is 50.5 Å². The summed E-state index contributed by atoms with van der Waals surface area (Å²) in [5, 5.41) is 17.0. The topological polar surface area (TPSA) is 135 Å². The van der Waals surface area contributed by atoms with E-state index in [-0.39, 0.29) is 30.6 Å². The second-order valence-corrected chi connectivity index (χ2v) is 12.3. The Bertz CT molecular complexity index is 1710. The highest BCUT2D eigenvalue weighted by atomic mass is 19.1. The van der Waals surface area contributed by atoms with Crippen molar-refractivity contribution in [3.8, 4) is 34.0 Å². The first-order valence-electron chi connectivity index (χ1n) is 16.0. The van der Waals surface area contributed by atoms with Gasteiger partial charge in [0.15, 0.2) is 12.0 Å². The van der Waals surface area contributed by atoms with E-state index in [2.05, 4.69) is 20.4 Å². The van der Waals surface area contributed by atoms with Crippen LogP contribution in [0.2, 0.25) is 0 Å². The quantitative estimate of drug-likeness (QED) is 0.161. The molecule has 1 amide bonds. The van der Waals surface area contributed by atoms with Gasteiger partial charge in [0, 0.05) is 42.4 Å². The van der Waals surface area contributed by atoms with Crippen molar-refractivity contribution in [2.24, 2.45) is 5.41 Å². The number of benzene rings is 3. The molecule has 0 unspecified atom stereocenters. The lowest BCUT2D eigenvalue weighted by atomic mass is 9.78. The van der Waals surface area contributed by atoms with E-state index in [9.17, 15) is 23.9 Å². The van der Waals surface area contributed by atoms with Crippen LogP contribution in [0.4, 0.5) is 4.39 Å². The van der Waals surface area contributed by atoms with E-state index in [1.54, 1.807) is 12.1 Å². The summed E-state index contributed by atoms with van der Waals surface area (Å²) in [6, 6.07) is 21.8. The van der Waals surface area contributed by atoms with E-state index in [0.717, 1.165) is 48.8 Å². The zero-order chi connectivity index (χ0) is 32.8. The number of halogens is 1. The molecule has 10 nitrogen and oxygen atoms in total. The molecule has 2 fully saturated rings. The molecule has 2 heterocycles. The maximum atomic E-state index is 14.9. The second-order valence-electron chi connectivity index (χ2n) is 12.3. The van der Waals surface area contributed by atoms with E-state index >= 15 is 0 Å². The highest BCUT2D eigenvalue weighted by molar-refractivity contribution is 6.00. The van der Waals surface area contributed by atoms with Crippen LogP contribution < -0.4 is 5.32 Å². The summed E-state index contributed by atoms with van der Waals surface area (Å²) < 4.78 is 25.6. The number of amides is 1. The molecule has 1 saturated carbocycles. The first-order valence-corrected chi connectivity index (χ1v) is 16.0. The first kappa shape index (κ1) is 32.1. The number of carboxylic acids is 1. The molecule has 0 radical (unpaired) electrons. The lowest BCUT2D eigenvalue weighted by molar-refractivity contribution is -0.174. The molecule has 1 aromatic heterocycles. The molecule has 4 aromatic rings. The number of hydrogen-bond donors (Lipinski definition) is 2. The Morgan fingerprint density at radius 1 is 0.936 bits per heavy atom. The van der Waals surface area contributed by atoms with Gasteiger partial charge in [-0.15, -0.1) is 0 Å². The summed E-state index contributed by atoms with van der Waals surface area (Å²) in [5.74, 6) is -2.29.